The van der Waals surface area contributed by atoms with Gasteiger partial charge < -0.3 is 10.0 Å². The Labute approximate surface area is 106 Å². The molecule has 0 spiro atoms. The van der Waals surface area contributed by atoms with Gasteiger partial charge in [-0.2, -0.15) is 0 Å². The molecule has 2 saturated heterocycles. The summed E-state index contributed by atoms with van der Waals surface area (Å²) in [7, 11) is 0. The number of thioether (sulfide) groups is 1. The molecule has 2 aliphatic rings. The van der Waals surface area contributed by atoms with Gasteiger partial charge in [-0.3, -0.25) is 9.59 Å². The van der Waals surface area contributed by atoms with Gasteiger partial charge in [0.1, 0.15) is 0 Å². The second kappa shape index (κ2) is 4.88. The van der Waals surface area contributed by atoms with E-state index >= 15 is 0 Å². The first-order valence-electron chi connectivity index (χ1n) is 6.17. The van der Waals surface area contributed by atoms with E-state index in [9.17, 15) is 9.59 Å². The zero-order valence-corrected chi connectivity index (χ0v) is 11.0. The number of carbonyl (C=O) groups is 2. The number of hydrogen-bond acceptors (Lipinski definition) is 3. The third kappa shape index (κ3) is 2.59. The highest BCUT2D eigenvalue weighted by Crippen LogP contribution is 2.33. The van der Waals surface area contributed by atoms with E-state index in [-0.39, 0.29) is 11.2 Å². The van der Waals surface area contributed by atoms with Crippen molar-refractivity contribution in [1.29, 1.82) is 0 Å². The Morgan fingerprint density at radius 1 is 1.41 bits per heavy atom. The summed E-state index contributed by atoms with van der Waals surface area (Å²) >= 11 is 1.73. The van der Waals surface area contributed by atoms with Crippen LogP contribution < -0.4 is 0 Å². The molecule has 1 N–H and O–H groups in total. The minimum absolute atomic E-state index is 0.0693. The minimum Gasteiger partial charge on any atom is -0.481 e. The molecule has 2 atom stereocenters. The van der Waals surface area contributed by atoms with Gasteiger partial charge in [0.25, 0.3) is 0 Å². The first-order chi connectivity index (χ1) is 8.03. The Balaban J connectivity index is 1.95. The Morgan fingerprint density at radius 2 is 2.18 bits per heavy atom. The normalized spacial score (nSPS) is 33.7. The molecule has 0 aromatic rings. The molecule has 0 radical (unpaired) electrons. The summed E-state index contributed by atoms with van der Waals surface area (Å²) in [5.74, 6) is 0.421. The lowest BCUT2D eigenvalue weighted by atomic mass is 9.90. The molecule has 17 heavy (non-hydrogen) atoms. The van der Waals surface area contributed by atoms with E-state index in [4.69, 9.17) is 5.11 Å². The highest BCUT2D eigenvalue weighted by atomic mass is 32.2. The second-order valence-electron chi connectivity index (χ2n) is 5.23. The lowest BCUT2D eigenvalue weighted by Gasteiger charge is -2.26. The van der Waals surface area contributed by atoms with Crippen LogP contribution >= 0.6 is 11.8 Å². The van der Waals surface area contributed by atoms with Crippen molar-refractivity contribution in [2.75, 3.05) is 18.8 Å². The van der Waals surface area contributed by atoms with Gasteiger partial charge in [-0.1, -0.05) is 6.42 Å². The van der Waals surface area contributed by atoms with E-state index < -0.39 is 11.4 Å². The second-order valence-corrected chi connectivity index (χ2v) is 6.54. The summed E-state index contributed by atoms with van der Waals surface area (Å²) in [6, 6.07) is 0. The molecule has 2 rings (SSSR count). The molecule has 4 nitrogen and oxygen atoms in total. The molecule has 0 saturated carbocycles. The van der Waals surface area contributed by atoms with Crippen molar-refractivity contribution >= 4 is 23.6 Å². The van der Waals surface area contributed by atoms with Crippen molar-refractivity contribution in [2.24, 2.45) is 5.41 Å². The van der Waals surface area contributed by atoms with Gasteiger partial charge in [0.05, 0.1) is 10.7 Å². The van der Waals surface area contributed by atoms with Crippen molar-refractivity contribution in [3.8, 4) is 0 Å². The maximum absolute atomic E-state index is 12.2. The maximum Gasteiger partial charge on any atom is 0.311 e. The summed E-state index contributed by atoms with van der Waals surface area (Å²) in [5.41, 5.74) is -0.741. The van der Waals surface area contributed by atoms with Crippen LogP contribution in [0.1, 0.15) is 32.6 Å². The SMILES string of the molecule is CC1(C(=O)O)CCN(C(=O)C2CCCCS2)C1. The van der Waals surface area contributed by atoms with Crippen LogP contribution in [0.2, 0.25) is 0 Å². The molecule has 2 heterocycles. The fourth-order valence-corrected chi connectivity index (χ4v) is 3.74. The number of nitrogens with zero attached hydrogens (tertiary/aromatic N) is 1. The van der Waals surface area contributed by atoms with E-state index in [0.717, 1.165) is 18.6 Å². The monoisotopic (exact) mass is 257 g/mol. The molecule has 2 fully saturated rings. The smallest absolute Gasteiger partial charge is 0.311 e. The summed E-state index contributed by atoms with van der Waals surface area (Å²) in [4.78, 5) is 25.1. The van der Waals surface area contributed by atoms with Crippen LogP contribution in [0.5, 0.6) is 0 Å². The van der Waals surface area contributed by atoms with Gasteiger partial charge in [-0.05, 0) is 31.9 Å². The summed E-state index contributed by atoms with van der Waals surface area (Å²) < 4.78 is 0. The van der Waals surface area contributed by atoms with Gasteiger partial charge in [-0.15, -0.1) is 11.8 Å². The van der Waals surface area contributed by atoms with Gasteiger partial charge in [0, 0.05) is 13.1 Å². The summed E-state index contributed by atoms with van der Waals surface area (Å²) in [6.07, 6.45) is 3.84. The number of rotatable bonds is 2. The van der Waals surface area contributed by atoms with Crippen molar-refractivity contribution < 1.29 is 14.7 Å². The minimum atomic E-state index is -0.788. The number of carboxylic acid groups (broad SMARTS) is 1. The van der Waals surface area contributed by atoms with E-state index in [1.54, 1.807) is 23.6 Å². The lowest BCUT2D eigenvalue weighted by molar-refractivity contribution is -0.147. The molecule has 2 unspecified atom stereocenters. The number of carbonyl (C=O) groups excluding carboxylic acids is 1. The fraction of sp³-hybridized carbons (Fsp3) is 0.833. The van der Waals surface area contributed by atoms with Crippen molar-refractivity contribution in [2.45, 2.75) is 37.9 Å². The quantitative estimate of drug-likeness (QED) is 0.816. The first-order valence-corrected chi connectivity index (χ1v) is 7.22. The van der Waals surface area contributed by atoms with Crippen LogP contribution in [0.15, 0.2) is 0 Å². The largest absolute Gasteiger partial charge is 0.481 e. The highest BCUT2D eigenvalue weighted by Gasteiger charge is 2.43. The summed E-state index contributed by atoms with van der Waals surface area (Å²) in [6.45, 7) is 2.70. The van der Waals surface area contributed by atoms with Gasteiger partial charge in [0.2, 0.25) is 5.91 Å². The highest BCUT2D eigenvalue weighted by molar-refractivity contribution is 8.00. The van der Waals surface area contributed by atoms with Gasteiger partial charge in [-0.25, -0.2) is 0 Å². The van der Waals surface area contributed by atoms with Gasteiger partial charge in [0.15, 0.2) is 0 Å². The van der Waals surface area contributed by atoms with Crippen LogP contribution in [0, 0.1) is 5.41 Å². The Hall–Kier alpha value is -0.710. The molecule has 0 bridgehead atoms. The van der Waals surface area contributed by atoms with Crippen LogP contribution in [0.3, 0.4) is 0 Å². The lowest BCUT2D eigenvalue weighted by Crippen LogP contribution is -2.39. The Bertz CT molecular complexity index is 328. The van der Waals surface area contributed by atoms with Crippen LogP contribution in [-0.2, 0) is 9.59 Å². The Morgan fingerprint density at radius 3 is 2.71 bits per heavy atom. The van der Waals surface area contributed by atoms with Crippen molar-refractivity contribution in [3.05, 3.63) is 0 Å². The van der Waals surface area contributed by atoms with E-state index in [0.29, 0.717) is 19.5 Å². The van der Waals surface area contributed by atoms with E-state index in [1.807, 2.05) is 0 Å². The molecule has 96 valence electrons. The molecule has 1 amide bonds. The molecular weight excluding hydrogens is 238 g/mol. The third-order valence-corrected chi connectivity index (χ3v) is 5.12. The molecule has 0 aromatic carbocycles. The summed E-state index contributed by atoms with van der Waals surface area (Å²) in [5, 5.41) is 9.21. The number of aliphatic carboxylic acids is 1. The van der Waals surface area contributed by atoms with Crippen LogP contribution in [0.4, 0.5) is 0 Å². The average Bonchev–Trinajstić information content (AvgIpc) is 2.74. The molecule has 2 aliphatic heterocycles. The zero-order chi connectivity index (χ0) is 12.5. The average molecular weight is 257 g/mol. The molecular formula is C12H19NO3S. The van der Waals surface area contributed by atoms with Crippen molar-refractivity contribution in [1.82, 2.24) is 4.90 Å². The number of hydrogen-bond donors (Lipinski definition) is 1. The molecule has 0 aromatic heterocycles. The number of likely N-dealkylation sites (tertiary alicyclic amines) is 1. The molecule has 5 heteroatoms. The third-order valence-electron chi connectivity index (χ3n) is 3.76. The fourth-order valence-electron chi connectivity index (χ4n) is 2.46. The van der Waals surface area contributed by atoms with Crippen LogP contribution in [0.25, 0.3) is 0 Å². The first kappa shape index (κ1) is 12.7. The topological polar surface area (TPSA) is 57.6 Å². The number of carboxylic acids is 1. The molecule has 0 aliphatic carbocycles. The van der Waals surface area contributed by atoms with E-state index in [1.165, 1.54) is 6.42 Å². The van der Waals surface area contributed by atoms with Crippen LogP contribution in [-0.4, -0.2) is 46.0 Å². The van der Waals surface area contributed by atoms with Gasteiger partial charge >= 0.3 is 5.97 Å². The maximum atomic E-state index is 12.2. The Kier molecular flexibility index (Phi) is 3.66. The predicted octanol–water partition coefficient (Wildman–Crippen LogP) is 1.60. The predicted molar refractivity (Wildman–Crippen MR) is 67.0 cm³/mol. The standard InChI is InChI=1S/C12H19NO3S/c1-12(11(15)16)5-6-13(8-12)10(14)9-4-2-3-7-17-9/h9H,2-8H2,1H3,(H,15,16). The van der Waals surface area contributed by atoms with E-state index in [2.05, 4.69) is 0 Å². The number of amides is 1. The zero-order valence-electron chi connectivity index (χ0n) is 10.1. The van der Waals surface area contributed by atoms with Crippen molar-refractivity contribution in [3.63, 3.8) is 0 Å².